The summed E-state index contributed by atoms with van der Waals surface area (Å²) < 4.78 is 18.4. The van der Waals surface area contributed by atoms with Crippen molar-refractivity contribution in [3.05, 3.63) is 46.9 Å². The number of halogens is 2. The van der Waals surface area contributed by atoms with Crippen molar-refractivity contribution < 1.29 is 9.13 Å². The maximum Gasteiger partial charge on any atom is 0.137 e. The van der Waals surface area contributed by atoms with E-state index in [0.29, 0.717) is 11.1 Å². The van der Waals surface area contributed by atoms with Crippen LogP contribution in [0.25, 0.3) is 0 Å². The normalized spacial score (nSPS) is 10.1. The molecule has 0 aliphatic heterocycles. The third-order valence-electron chi connectivity index (χ3n) is 2.05. The Balaban J connectivity index is 2.21. The highest BCUT2D eigenvalue weighted by Crippen LogP contribution is 2.16. The van der Waals surface area contributed by atoms with Gasteiger partial charge in [-0.05, 0) is 46.6 Å². The second kappa shape index (κ2) is 7.41. The van der Waals surface area contributed by atoms with E-state index in [4.69, 9.17) is 4.74 Å². The Labute approximate surface area is 104 Å². The van der Waals surface area contributed by atoms with E-state index in [9.17, 15) is 4.39 Å². The van der Waals surface area contributed by atoms with Crippen molar-refractivity contribution in [1.29, 1.82) is 0 Å². The van der Waals surface area contributed by atoms with Gasteiger partial charge in [0.2, 0.25) is 0 Å². The zero-order valence-corrected chi connectivity index (χ0v) is 10.6. The summed E-state index contributed by atoms with van der Waals surface area (Å²) in [6, 6.07) is 5.01. The van der Waals surface area contributed by atoms with Crippen LogP contribution in [0.15, 0.2) is 35.5 Å². The number of hydrogen-bond donors (Lipinski definition) is 1. The van der Waals surface area contributed by atoms with Crippen LogP contribution >= 0.6 is 15.9 Å². The van der Waals surface area contributed by atoms with E-state index in [0.717, 1.165) is 25.1 Å². The largest absolute Gasteiger partial charge is 0.502 e. The molecule has 1 rings (SSSR count). The SMILES string of the molecule is C=COCCCNCc1ccc(F)c(Br)c1. The van der Waals surface area contributed by atoms with Crippen molar-refractivity contribution in [2.45, 2.75) is 13.0 Å². The minimum atomic E-state index is -0.233. The lowest BCUT2D eigenvalue weighted by Gasteiger charge is -2.05. The minimum Gasteiger partial charge on any atom is -0.502 e. The fraction of sp³-hybridized carbons (Fsp3) is 0.333. The van der Waals surface area contributed by atoms with Gasteiger partial charge in [-0.15, -0.1) is 0 Å². The topological polar surface area (TPSA) is 21.3 Å². The molecule has 2 nitrogen and oxygen atoms in total. The van der Waals surface area contributed by atoms with Crippen LogP contribution in [0, 0.1) is 5.82 Å². The van der Waals surface area contributed by atoms with E-state index < -0.39 is 0 Å². The summed E-state index contributed by atoms with van der Waals surface area (Å²) in [5.41, 5.74) is 1.05. The molecule has 0 saturated heterocycles. The molecule has 0 atom stereocenters. The molecule has 0 bridgehead atoms. The average molecular weight is 288 g/mol. The monoisotopic (exact) mass is 287 g/mol. The lowest BCUT2D eigenvalue weighted by atomic mass is 10.2. The summed E-state index contributed by atoms with van der Waals surface area (Å²) in [5.74, 6) is -0.233. The van der Waals surface area contributed by atoms with Crippen molar-refractivity contribution >= 4 is 15.9 Å². The minimum absolute atomic E-state index is 0.233. The summed E-state index contributed by atoms with van der Waals surface area (Å²) in [4.78, 5) is 0. The van der Waals surface area contributed by atoms with Gasteiger partial charge in [0.1, 0.15) is 5.82 Å². The highest BCUT2D eigenvalue weighted by atomic mass is 79.9. The molecule has 0 unspecified atom stereocenters. The van der Waals surface area contributed by atoms with Gasteiger partial charge in [0.15, 0.2) is 0 Å². The molecule has 0 heterocycles. The van der Waals surface area contributed by atoms with Crippen LogP contribution in [0.2, 0.25) is 0 Å². The first-order valence-corrected chi connectivity index (χ1v) is 5.90. The molecule has 0 amide bonds. The lowest BCUT2D eigenvalue weighted by molar-refractivity contribution is 0.244. The standard InChI is InChI=1S/C12H15BrFNO/c1-2-16-7-3-6-15-9-10-4-5-12(14)11(13)8-10/h2,4-5,8,15H,1,3,6-7,9H2. The molecule has 1 aromatic rings. The predicted molar refractivity (Wildman–Crippen MR) is 66.6 cm³/mol. The molecule has 0 aliphatic rings. The van der Waals surface area contributed by atoms with Gasteiger partial charge >= 0.3 is 0 Å². The van der Waals surface area contributed by atoms with Crippen molar-refractivity contribution in [3.8, 4) is 0 Å². The molecule has 1 aromatic carbocycles. The quantitative estimate of drug-likeness (QED) is 0.614. The average Bonchev–Trinajstić information content (AvgIpc) is 2.28. The molecule has 0 aliphatic carbocycles. The summed E-state index contributed by atoms with van der Waals surface area (Å²) in [6.07, 6.45) is 2.37. The molecule has 1 N–H and O–H groups in total. The van der Waals surface area contributed by atoms with E-state index in [1.54, 1.807) is 12.1 Å². The van der Waals surface area contributed by atoms with Crippen molar-refractivity contribution in [3.63, 3.8) is 0 Å². The Bertz CT molecular complexity index is 344. The Hall–Kier alpha value is -0.870. The molecule has 4 heteroatoms. The Morgan fingerprint density at radius 1 is 1.50 bits per heavy atom. The molecule has 0 aromatic heterocycles. The van der Waals surface area contributed by atoms with Gasteiger partial charge in [-0.1, -0.05) is 12.6 Å². The van der Waals surface area contributed by atoms with Crippen LogP contribution in [-0.4, -0.2) is 13.2 Å². The predicted octanol–water partition coefficient (Wildman–Crippen LogP) is 3.23. The molecule has 88 valence electrons. The van der Waals surface area contributed by atoms with Gasteiger partial charge in [-0.25, -0.2) is 4.39 Å². The Morgan fingerprint density at radius 2 is 2.31 bits per heavy atom. The van der Waals surface area contributed by atoms with Gasteiger partial charge in [-0.3, -0.25) is 0 Å². The molecule has 16 heavy (non-hydrogen) atoms. The fourth-order valence-corrected chi connectivity index (χ4v) is 1.67. The smallest absolute Gasteiger partial charge is 0.137 e. The highest BCUT2D eigenvalue weighted by molar-refractivity contribution is 9.10. The van der Waals surface area contributed by atoms with Gasteiger partial charge in [0, 0.05) is 6.54 Å². The molecule has 0 spiro atoms. The zero-order chi connectivity index (χ0) is 11.8. The van der Waals surface area contributed by atoms with Gasteiger partial charge in [0.05, 0.1) is 17.3 Å². The zero-order valence-electron chi connectivity index (χ0n) is 9.01. The first kappa shape index (κ1) is 13.2. The third-order valence-corrected chi connectivity index (χ3v) is 2.65. The van der Waals surface area contributed by atoms with Crippen molar-refractivity contribution in [2.24, 2.45) is 0 Å². The number of ether oxygens (including phenoxy) is 1. The van der Waals surface area contributed by atoms with Crippen LogP contribution in [0.1, 0.15) is 12.0 Å². The van der Waals surface area contributed by atoms with Crippen LogP contribution in [0.3, 0.4) is 0 Å². The molecular formula is C12H15BrFNO. The first-order valence-electron chi connectivity index (χ1n) is 5.11. The third kappa shape index (κ3) is 4.77. The van der Waals surface area contributed by atoms with Crippen molar-refractivity contribution in [2.75, 3.05) is 13.2 Å². The molecular weight excluding hydrogens is 273 g/mol. The highest BCUT2D eigenvalue weighted by Gasteiger charge is 1.99. The summed E-state index contributed by atoms with van der Waals surface area (Å²) in [7, 11) is 0. The van der Waals surface area contributed by atoms with E-state index >= 15 is 0 Å². The Kier molecular flexibility index (Phi) is 6.11. The van der Waals surface area contributed by atoms with E-state index in [-0.39, 0.29) is 5.82 Å². The van der Waals surface area contributed by atoms with Gasteiger partial charge < -0.3 is 10.1 Å². The molecule has 0 fully saturated rings. The molecule has 0 saturated carbocycles. The van der Waals surface area contributed by atoms with E-state index in [1.807, 2.05) is 0 Å². The summed E-state index contributed by atoms with van der Waals surface area (Å²) in [5, 5.41) is 3.25. The van der Waals surface area contributed by atoms with E-state index in [1.165, 1.54) is 12.3 Å². The van der Waals surface area contributed by atoms with E-state index in [2.05, 4.69) is 27.8 Å². The summed E-state index contributed by atoms with van der Waals surface area (Å²) >= 11 is 3.16. The van der Waals surface area contributed by atoms with Gasteiger partial charge in [-0.2, -0.15) is 0 Å². The second-order valence-electron chi connectivity index (χ2n) is 3.32. The second-order valence-corrected chi connectivity index (χ2v) is 4.17. The Morgan fingerprint density at radius 3 is 3.00 bits per heavy atom. The first-order chi connectivity index (χ1) is 7.74. The lowest BCUT2D eigenvalue weighted by Crippen LogP contribution is -2.16. The maximum atomic E-state index is 12.9. The molecule has 0 radical (unpaired) electrons. The van der Waals surface area contributed by atoms with Crippen LogP contribution in [-0.2, 0) is 11.3 Å². The van der Waals surface area contributed by atoms with Gasteiger partial charge in [0.25, 0.3) is 0 Å². The number of benzene rings is 1. The van der Waals surface area contributed by atoms with Crippen LogP contribution < -0.4 is 5.32 Å². The summed E-state index contributed by atoms with van der Waals surface area (Å²) in [6.45, 7) is 5.72. The number of rotatable bonds is 7. The van der Waals surface area contributed by atoms with Crippen LogP contribution in [0.5, 0.6) is 0 Å². The number of nitrogens with one attached hydrogen (secondary N) is 1. The maximum absolute atomic E-state index is 12.9. The fourth-order valence-electron chi connectivity index (χ4n) is 1.25. The van der Waals surface area contributed by atoms with Crippen molar-refractivity contribution in [1.82, 2.24) is 5.32 Å². The van der Waals surface area contributed by atoms with Crippen LogP contribution in [0.4, 0.5) is 4.39 Å². The number of hydrogen-bond acceptors (Lipinski definition) is 2.